The van der Waals surface area contributed by atoms with Crippen LogP contribution in [0.5, 0.6) is 0 Å². The van der Waals surface area contributed by atoms with Crippen molar-refractivity contribution in [2.24, 2.45) is 0 Å². The number of aryl methyl sites for hydroxylation is 1. The van der Waals surface area contributed by atoms with Crippen molar-refractivity contribution in [2.45, 2.75) is 25.9 Å². The average molecular weight is 169 g/mol. The monoisotopic (exact) mass is 169 g/mol. The van der Waals surface area contributed by atoms with E-state index in [9.17, 15) is 0 Å². The molecular weight excluding hydrogens is 158 g/mol. The van der Waals surface area contributed by atoms with Crippen molar-refractivity contribution in [3.05, 3.63) is 16.1 Å². The number of aromatic nitrogens is 1. The first kappa shape index (κ1) is 7.25. The molecular formula is C8H11NOS. The molecule has 0 bridgehead atoms. The summed E-state index contributed by atoms with van der Waals surface area (Å²) >= 11 is 1.71. The Morgan fingerprint density at radius 1 is 1.73 bits per heavy atom. The molecule has 1 aromatic heterocycles. The van der Waals surface area contributed by atoms with Crippen LogP contribution in [0.3, 0.4) is 0 Å². The number of ether oxygens (including phenoxy) is 1. The Morgan fingerprint density at radius 3 is 3.18 bits per heavy atom. The van der Waals surface area contributed by atoms with Crippen LogP contribution in [0.2, 0.25) is 0 Å². The molecule has 0 aliphatic carbocycles. The van der Waals surface area contributed by atoms with E-state index in [4.69, 9.17) is 4.74 Å². The van der Waals surface area contributed by atoms with Gasteiger partial charge in [0.1, 0.15) is 11.1 Å². The fourth-order valence-corrected chi connectivity index (χ4v) is 2.17. The maximum atomic E-state index is 5.50. The third-order valence-electron chi connectivity index (χ3n) is 1.84. The summed E-state index contributed by atoms with van der Waals surface area (Å²) < 4.78 is 5.50. The first-order chi connectivity index (χ1) is 5.36. The Labute approximate surface area is 70.2 Å². The quantitative estimate of drug-likeness (QED) is 0.643. The maximum absolute atomic E-state index is 5.50. The van der Waals surface area contributed by atoms with E-state index in [2.05, 4.69) is 10.4 Å². The minimum Gasteiger partial charge on any atom is -0.371 e. The van der Waals surface area contributed by atoms with Gasteiger partial charge in [-0.3, -0.25) is 0 Å². The normalized spacial score (nSPS) is 24.3. The van der Waals surface area contributed by atoms with Crippen LogP contribution in [0.25, 0.3) is 0 Å². The van der Waals surface area contributed by atoms with Crippen molar-refractivity contribution in [1.29, 1.82) is 0 Å². The molecule has 0 N–H and O–H groups in total. The van der Waals surface area contributed by atoms with Crippen molar-refractivity contribution < 1.29 is 4.74 Å². The lowest BCUT2D eigenvalue weighted by molar-refractivity contribution is 0.111. The van der Waals surface area contributed by atoms with Gasteiger partial charge >= 0.3 is 0 Å². The molecule has 2 nitrogen and oxygen atoms in total. The second kappa shape index (κ2) is 2.91. The minimum absolute atomic E-state index is 0.300. The van der Waals surface area contributed by atoms with E-state index in [1.807, 2.05) is 6.92 Å². The van der Waals surface area contributed by atoms with Gasteiger partial charge in [0, 0.05) is 17.7 Å². The standard InChI is InChI=1S/C8H11NOS/c1-6-5-11-8(9-6)7-3-2-4-10-7/h5,7H,2-4H2,1H3/t7-/m1/s1. The van der Waals surface area contributed by atoms with Crippen molar-refractivity contribution >= 4 is 11.3 Å². The zero-order valence-corrected chi connectivity index (χ0v) is 7.36. The number of hydrogen-bond acceptors (Lipinski definition) is 3. The SMILES string of the molecule is Cc1csc([C@H]2CCCO2)n1. The van der Waals surface area contributed by atoms with Crippen LogP contribution in [-0.4, -0.2) is 11.6 Å². The lowest BCUT2D eigenvalue weighted by atomic mass is 10.2. The van der Waals surface area contributed by atoms with Gasteiger partial charge in [-0.2, -0.15) is 0 Å². The molecule has 60 valence electrons. The van der Waals surface area contributed by atoms with E-state index in [0.717, 1.165) is 23.7 Å². The zero-order chi connectivity index (χ0) is 7.68. The fraction of sp³-hybridized carbons (Fsp3) is 0.625. The Kier molecular flexibility index (Phi) is 1.92. The molecule has 1 aromatic rings. The number of hydrogen-bond donors (Lipinski definition) is 0. The van der Waals surface area contributed by atoms with Gasteiger partial charge in [0.15, 0.2) is 0 Å². The molecule has 0 radical (unpaired) electrons. The number of nitrogens with zero attached hydrogens (tertiary/aromatic N) is 1. The largest absolute Gasteiger partial charge is 0.371 e. The third kappa shape index (κ3) is 1.44. The van der Waals surface area contributed by atoms with Crippen molar-refractivity contribution in [3.8, 4) is 0 Å². The third-order valence-corrected chi connectivity index (χ3v) is 2.90. The molecule has 1 aliphatic heterocycles. The molecule has 0 saturated carbocycles. The highest BCUT2D eigenvalue weighted by molar-refractivity contribution is 7.09. The van der Waals surface area contributed by atoms with Gasteiger partial charge in [-0.1, -0.05) is 0 Å². The van der Waals surface area contributed by atoms with E-state index in [0.29, 0.717) is 6.10 Å². The van der Waals surface area contributed by atoms with Crippen molar-refractivity contribution in [3.63, 3.8) is 0 Å². The molecule has 1 fully saturated rings. The van der Waals surface area contributed by atoms with E-state index in [1.54, 1.807) is 11.3 Å². The van der Waals surface area contributed by atoms with Crippen LogP contribution < -0.4 is 0 Å². The van der Waals surface area contributed by atoms with Crippen LogP contribution in [0.1, 0.15) is 29.6 Å². The van der Waals surface area contributed by atoms with E-state index in [-0.39, 0.29) is 0 Å². The summed E-state index contributed by atoms with van der Waals surface area (Å²) in [6.45, 7) is 2.93. The van der Waals surface area contributed by atoms with Crippen LogP contribution in [0.4, 0.5) is 0 Å². The summed E-state index contributed by atoms with van der Waals surface area (Å²) in [6, 6.07) is 0. The highest BCUT2D eigenvalue weighted by Gasteiger charge is 2.19. The van der Waals surface area contributed by atoms with Gasteiger partial charge < -0.3 is 4.74 Å². The van der Waals surface area contributed by atoms with E-state index >= 15 is 0 Å². The first-order valence-corrected chi connectivity index (χ1v) is 4.78. The van der Waals surface area contributed by atoms with Crippen LogP contribution in [0, 0.1) is 6.92 Å². The average Bonchev–Trinajstić information content (AvgIpc) is 2.55. The van der Waals surface area contributed by atoms with Gasteiger partial charge in [-0.05, 0) is 19.8 Å². The molecule has 2 heterocycles. The second-order valence-corrected chi connectivity index (χ2v) is 3.72. The van der Waals surface area contributed by atoms with E-state index < -0.39 is 0 Å². The van der Waals surface area contributed by atoms with Crippen LogP contribution in [0.15, 0.2) is 5.38 Å². The second-order valence-electron chi connectivity index (χ2n) is 2.83. The van der Waals surface area contributed by atoms with Crippen molar-refractivity contribution in [1.82, 2.24) is 4.98 Å². The summed E-state index contributed by atoms with van der Waals surface area (Å²) in [5, 5.41) is 3.23. The molecule has 1 aliphatic rings. The number of thiazole rings is 1. The summed E-state index contributed by atoms with van der Waals surface area (Å²) in [7, 11) is 0. The smallest absolute Gasteiger partial charge is 0.122 e. The molecule has 2 rings (SSSR count). The predicted octanol–water partition coefficient (Wildman–Crippen LogP) is 2.30. The fourth-order valence-electron chi connectivity index (χ4n) is 1.29. The van der Waals surface area contributed by atoms with Crippen molar-refractivity contribution in [2.75, 3.05) is 6.61 Å². The molecule has 0 spiro atoms. The lowest BCUT2D eigenvalue weighted by Gasteiger charge is -2.02. The molecule has 1 atom stereocenters. The first-order valence-electron chi connectivity index (χ1n) is 3.90. The van der Waals surface area contributed by atoms with Crippen LogP contribution in [-0.2, 0) is 4.74 Å². The Balaban J connectivity index is 2.15. The van der Waals surface area contributed by atoms with Crippen LogP contribution >= 0.6 is 11.3 Å². The molecule has 0 amide bonds. The minimum atomic E-state index is 0.300. The summed E-state index contributed by atoms with van der Waals surface area (Å²) in [4.78, 5) is 4.39. The predicted molar refractivity (Wildman–Crippen MR) is 44.8 cm³/mol. The summed E-state index contributed by atoms with van der Waals surface area (Å²) in [5.41, 5.74) is 1.11. The summed E-state index contributed by atoms with van der Waals surface area (Å²) in [6.07, 6.45) is 2.63. The van der Waals surface area contributed by atoms with Gasteiger partial charge in [0.25, 0.3) is 0 Å². The topological polar surface area (TPSA) is 22.1 Å². The number of rotatable bonds is 1. The van der Waals surface area contributed by atoms with Gasteiger partial charge in [-0.25, -0.2) is 4.98 Å². The van der Waals surface area contributed by atoms with Gasteiger partial charge in [0.2, 0.25) is 0 Å². The molecule has 0 aromatic carbocycles. The molecule has 3 heteroatoms. The molecule has 0 unspecified atom stereocenters. The molecule has 11 heavy (non-hydrogen) atoms. The Hall–Kier alpha value is -0.410. The lowest BCUT2D eigenvalue weighted by Crippen LogP contribution is -1.94. The maximum Gasteiger partial charge on any atom is 0.122 e. The summed E-state index contributed by atoms with van der Waals surface area (Å²) in [5.74, 6) is 0. The van der Waals surface area contributed by atoms with E-state index in [1.165, 1.54) is 6.42 Å². The van der Waals surface area contributed by atoms with Gasteiger partial charge in [0.05, 0.1) is 0 Å². The highest BCUT2D eigenvalue weighted by Crippen LogP contribution is 2.30. The Bertz CT molecular complexity index is 240. The Morgan fingerprint density at radius 2 is 2.64 bits per heavy atom. The zero-order valence-electron chi connectivity index (χ0n) is 6.54. The molecule has 1 saturated heterocycles. The highest BCUT2D eigenvalue weighted by atomic mass is 32.1. The van der Waals surface area contributed by atoms with Gasteiger partial charge in [-0.15, -0.1) is 11.3 Å².